The van der Waals surface area contributed by atoms with Crippen molar-refractivity contribution in [3.05, 3.63) is 22.3 Å². The number of carboxylic acids is 1. The number of aliphatic carboxylic acids is 1. The Morgan fingerprint density at radius 2 is 1.81 bits per heavy atom. The average Bonchev–Trinajstić information content (AvgIpc) is 2.40. The Morgan fingerprint density at radius 3 is 2.33 bits per heavy atom. The molecule has 2 rings (SSSR count). The van der Waals surface area contributed by atoms with Crippen molar-refractivity contribution >= 4 is 11.9 Å². The lowest BCUT2D eigenvalue weighted by atomic mass is 9.87. The highest BCUT2D eigenvalue weighted by Gasteiger charge is 2.41. The van der Waals surface area contributed by atoms with E-state index in [1.165, 1.54) is 6.92 Å². The molecule has 1 aliphatic rings. The number of hydrogen-bond donors (Lipinski definition) is 1. The standard InChI is InChI=1S/C16H20O5/c1-8-9(2)14-12(10(3)13(8)20-11(4)17)6-7-16(5,21-14)15(18)19/h6-7H2,1-5H3,(H,18,19)/t16-/m0/s1. The first-order valence-electron chi connectivity index (χ1n) is 6.91. The summed E-state index contributed by atoms with van der Waals surface area (Å²) in [6.07, 6.45) is 0.970. The molecular weight excluding hydrogens is 272 g/mol. The van der Waals surface area contributed by atoms with Gasteiger partial charge in [-0.3, -0.25) is 4.79 Å². The first kappa shape index (κ1) is 15.4. The van der Waals surface area contributed by atoms with E-state index in [4.69, 9.17) is 9.47 Å². The molecule has 0 aliphatic carbocycles. The van der Waals surface area contributed by atoms with E-state index in [0.29, 0.717) is 24.3 Å². The maximum atomic E-state index is 11.4. The minimum Gasteiger partial charge on any atom is -0.478 e. The number of fused-ring (bicyclic) bond motifs is 1. The molecule has 0 saturated carbocycles. The van der Waals surface area contributed by atoms with Crippen LogP contribution in [0.5, 0.6) is 11.5 Å². The fraction of sp³-hybridized carbons (Fsp3) is 0.500. The summed E-state index contributed by atoms with van der Waals surface area (Å²) in [5, 5.41) is 9.33. The van der Waals surface area contributed by atoms with Gasteiger partial charge in [-0.05, 0) is 50.8 Å². The molecule has 0 saturated heterocycles. The molecule has 0 radical (unpaired) electrons. The van der Waals surface area contributed by atoms with Gasteiger partial charge in [0.2, 0.25) is 5.60 Å². The summed E-state index contributed by atoms with van der Waals surface area (Å²) in [6.45, 7) is 8.52. The average molecular weight is 292 g/mol. The van der Waals surface area contributed by atoms with Crippen LogP contribution in [0.2, 0.25) is 0 Å². The van der Waals surface area contributed by atoms with Crippen molar-refractivity contribution in [1.29, 1.82) is 0 Å². The molecule has 21 heavy (non-hydrogen) atoms. The van der Waals surface area contributed by atoms with Gasteiger partial charge in [-0.2, -0.15) is 0 Å². The van der Waals surface area contributed by atoms with Crippen molar-refractivity contribution in [2.24, 2.45) is 0 Å². The summed E-state index contributed by atoms with van der Waals surface area (Å²) in [6, 6.07) is 0. The Hall–Kier alpha value is -2.04. The predicted molar refractivity (Wildman–Crippen MR) is 77.0 cm³/mol. The number of carboxylic acid groups (broad SMARTS) is 1. The molecule has 1 N–H and O–H groups in total. The molecule has 1 aromatic carbocycles. The summed E-state index contributed by atoms with van der Waals surface area (Å²) >= 11 is 0. The highest BCUT2D eigenvalue weighted by molar-refractivity contribution is 5.79. The normalized spacial score (nSPS) is 20.4. The van der Waals surface area contributed by atoms with E-state index in [0.717, 1.165) is 22.3 Å². The van der Waals surface area contributed by atoms with E-state index in [2.05, 4.69) is 0 Å². The van der Waals surface area contributed by atoms with Crippen molar-refractivity contribution in [3.8, 4) is 11.5 Å². The number of rotatable bonds is 2. The van der Waals surface area contributed by atoms with E-state index in [1.807, 2.05) is 20.8 Å². The predicted octanol–water partition coefficient (Wildman–Crippen LogP) is 2.71. The zero-order valence-corrected chi connectivity index (χ0v) is 13.0. The molecule has 1 aliphatic heterocycles. The summed E-state index contributed by atoms with van der Waals surface area (Å²) in [4.78, 5) is 22.6. The van der Waals surface area contributed by atoms with Crippen LogP contribution in [0.4, 0.5) is 0 Å². The largest absolute Gasteiger partial charge is 0.478 e. The zero-order valence-electron chi connectivity index (χ0n) is 13.0. The monoisotopic (exact) mass is 292 g/mol. The van der Waals surface area contributed by atoms with Gasteiger partial charge >= 0.3 is 11.9 Å². The van der Waals surface area contributed by atoms with E-state index in [9.17, 15) is 14.7 Å². The van der Waals surface area contributed by atoms with Gasteiger partial charge < -0.3 is 14.6 Å². The van der Waals surface area contributed by atoms with E-state index in [1.54, 1.807) is 6.92 Å². The minimum atomic E-state index is -1.21. The number of carbonyl (C=O) groups is 2. The van der Waals surface area contributed by atoms with Crippen LogP contribution in [0, 0.1) is 20.8 Å². The van der Waals surface area contributed by atoms with Crippen LogP contribution in [0.25, 0.3) is 0 Å². The third kappa shape index (κ3) is 2.48. The lowest BCUT2D eigenvalue weighted by Gasteiger charge is -2.35. The van der Waals surface area contributed by atoms with Crippen LogP contribution in [0.3, 0.4) is 0 Å². The van der Waals surface area contributed by atoms with E-state index in [-0.39, 0.29) is 5.97 Å². The molecule has 1 heterocycles. The second-order valence-electron chi connectivity index (χ2n) is 5.74. The number of ether oxygens (including phenoxy) is 2. The van der Waals surface area contributed by atoms with Crippen LogP contribution in [-0.2, 0) is 16.0 Å². The van der Waals surface area contributed by atoms with E-state index < -0.39 is 11.6 Å². The van der Waals surface area contributed by atoms with Gasteiger partial charge in [0.15, 0.2) is 0 Å². The number of esters is 1. The lowest BCUT2D eigenvalue weighted by molar-refractivity contribution is -0.155. The first-order chi connectivity index (χ1) is 9.67. The smallest absolute Gasteiger partial charge is 0.347 e. The van der Waals surface area contributed by atoms with Crippen molar-refractivity contribution < 1.29 is 24.2 Å². The SMILES string of the molecule is CC(=O)Oc1c(C)c(C)c2c(c1C)CC[C@@](C)(C(=O)O)O2. The van der Waals surface area contributed by atoms with Crippen LogP contribution in [0.1, 0.15) is 42.5 Å². The molecule has 114 valence electrons. The fourth-order valence-electron chi connectivity index (χ4n) is 2.68. The maximum absolute atomic E-state index is 11.4. The second-order valence-corrected chi connectivity index (χ2v) is 5.74. The Kier molecular flexibility index (Phi) is 3.70. The zero-order chi connectivity index (χ0) is 15.9. The molecule has 5 heteroatoms. The van der Waals surface area contributed by atoms with Crippen molar-refractivity contribution in [2.75, 3.05) is 0 Å². The fourth-order valence-corrected chi connectivity index (χ4v) is 2.68. The van der Waals surface area contributed by atoms with Crippen molar-refractivity contribution in [3.63, 3.8) is 0 Å². The van der Waals surface area contributed by atoms with E-state index >= 15 is 0 Å². The number of benzene rings is 1. The molecule has 1 atom stereocenters. The van der Waals surface area contributed by atoms with Gasteiger partial charge in [-0.15, -0.1) is 0 Å². The molecular formula is C16H20O5. The third-order valence-corrected chi connectivity index (χ3v) is 4.19. The molecule has 0 unspecified atom stereocenters. The quantitative estimate of drug-likeness (QED) is 0.670. The summed E-state index contributed by atoms with van der Waals surface area (Å²) < 4.78 is 11.1. The van der Waals surface area contributed by atoms with Crippen molar-refractivity contribution in [2.45, 2.75) is 53.1 Å². The first-order valence-corrected chi connectivity index (χ1v) is 6.91. The Bertz CT molecular complexity index is 632. The minimum absolute atomic E-state index is 0.368. The number of hydrogen-bond acceptors (Lipinski definition) is 4. The maximum Gasteiger partial charge on any atom is 0.347 e. The number of carbonyl (C=O) groups excluding carboxylic acids is 1. The summed E-state index contributed by atoms with van der Waals surface area (Å²) in [5.41, 5.74) is 2.18. The topological polar surface area (TPSA) is 72.8 Å². The third-order valence-electron chi connectivity index (χ3n) is 4.19. The van der Waals surface area contributed by atoms with Crippen LogP contribution >= 0.6 is 0 Å². The molecule has 1 aromatic rings. The summed E-state index contributed by atoms with van der Waals surface area (Å²) in [7, 11) is 0. The van der Waals surface area contributed by atoms with Gasteiger partial charge in [0.25, 0.3) is 0 Å². The molecule has 0 fully saturated rings. The lowest BCUT2D eigenvalue weighted by Crippen LogP contribution is -2.44. The van der Waals surface area contributed by atoms with Crippen LogP contribution in [0.15, 0.2) is 0 Å². The van der Waals surface area contributed by atoms with Crippen molar-refractivity contribution in [1.82, 2.24) is 0 Å². The molecule has 0 aromatic heterocycles. The molecule has 5 nitrogen and oxygen atoms in total. The Labute approximate surface area is 123 Å². The second kappa shape index (κ2) is 5.06. The molecule has 0 spiro atoms. The Balaban J connectivity index is 2.59. The highest BCUT2D eigenvalue weighted by atomic mass is 16.5. The highest BCUT2D eigenvalue weighted by Crippen LogP contribution is 2.43. The molecule has 0 bridgehead atoms. The van der Waals surface area contributed by atoms with Gasteiger partial charge in [-0.25, -0.2) is 4.79 Å². The Morgan fingerprint density at radius 1 is 1.19 bits per heavy atom. The molecule has 0 amide bonds. The van der Waals surface area contributed by atoms with Gasteiger partial charge in [0.1, 0.15) is 11.5 Å². The van der Waals surface area contributed by atoms with Gasteiger partial charge in [-0.1, -0.05) is 0 Å². The van der Waals surface area contributed by atoms with Crippen LogP contribution < -0.4 is 9.47 Å². The van der Waals surface area contributed by atoms with Gasteiger partial charge in [0.05, 0.1) is 0 Å². The summed E-state index contributed by atoms with van der Waals surface area (Å²) in [5.74, 6) is -0.169. The van der Waals surface area contributed by atoms with Gasteiger partial charge in [0, 0.05) is 18.9 Å². The van der Waals surface area contributed by atoms with Crippen LogP contribution in [-0.4, -0.2) is 22.6 Å².